The third kappa shape index (κ3) is 2.01. The highest BCUT2D eigenvalue weighted by Gasteiger charge is 2.14. The van der Waals surface area contributed by atoms with E-state index in [2.05, 4.69) is 16.5 Å². The molecule has 2 rings (SSSR count). The number of rotatable bonds is 0. The lowest BCUT2D eigenvalue weighted by Crippen LogP contribution is -2.51. The number of nitrogens with zero attached hydrogens (tertiary/aromatic N) is 2. The minimum Gasteiger partial charge on any atom is -0.301 e. The van der Waals surface area contributed by atoms with Gasteiger partial charge in [0.1, 0.15) is 0 Å². The predicted molar refractivity (Wildman–Crippen MR) is 47.5 cm³/mol. The molecule has 0 radical (unpaired) electrons. The second-order valence-corrected chi connectivity index (χ2v) is 2.41. The van der Waals surface area contributed by atoms with E-state index >= 15 is 0 Å². The average molecular weight is 166 g/mol. The van der Waals surface area contributed by atoms with E-state index in [0.29, 0.717) is 0 Å². The monoisotopic (exact) mass is 166 g/mol. The molecule has 66 valence electrons. The van der Waals surface area contributed by atoms with Crippen LogP contribution in [0.4, 0.5) is 0 Å². The Morgan fingerprint density at radius 2 is 2.33 bits per heavy atom. The molecular formula is C9H16N3+. The van der Waals surface area contributed by atoms with Crippen LogP contribution in [-0.4, -0.2) is 11.6 Å². The van der Waals surface area contributed by atoms with Crippen LogP contribution in [-0.2, 0) is 13.1 Å². The number of hydrogen-bond donors (Lipinski definition) is 1. The van der Waals surface area contributed by atoms with Gasteiger partial charge in [-0.1, -0.05) is 18.5 Å². The fourth-order valence-electron chi connectivity index (χ4n) is 1.19. The minimum atomic E-state index is 0.952. The van der Waals surface area contributed by atoms with E-state index in [-0.39, 0.29) is 0 Å². The summed E-state index contributed by atoms with van der Waals surface area (Å²) in [6.07, 6.45) is 1.83. The number of aromatic nitrogens is 2. The maximum atomic E-state index is 4.20. The molecule has 0 unspecified atom stereocenters. The molecular weight excluding hydrogens is 150 g/mol. The van der Waals surface area contributed by atoms with Crippen LogP contribution in [0.25, 0.3) is 0 Å². The van der Waals surface area contributed by atoms with E-state index in [9.17, 15) is 0 Å². The fourth-order valence-corrected chi connectivity index (χ4v) is 1.19. The molecule has 0 aromatic carbocycles. The molecule has 0 spiro atoms. The first-order valence-electron chi connectivity index (χ1n) is 4.51. The normalized spacial score (nSPS) is 14.2. The Morgan fingerprint density at radius 3 is 3.08 bits per heavy atom. The van der Waals surface area contributed by atoms with Crippen molar-refractivity contribution in [2.24, 2.45) is 0 Å². The lowest BCUT2D eigenvalue weighted by Gasteiger charge is -2.07. The summed E-state index contributed by atoms with van der Waals surface area (Å²) in [7, 11) is 0. The Hall–Kier alpha value is -0.960. The Kier molecular flexibility index (Phi) is 3.67. The summed E-state index contributed by atoms with van der Waals surface area (Å²) in [5.74, 6) is 0. The maximum Gasteiger partial charge on any atom is 0.222 e. The van der Waals surface area contributed by atoms with Gasteiger partial charge in [0.25, 0.3) is 0 Å². The van der Waals surface area contributed by atoms with Crippen LogP contribution in [0, 0.1) is 0 Å². The summed E-state index contributed by atoms with van der Waals surface area (Å²) < 4.78 is 2.04. The Bertz CT molecular complexity index is 210. The molecule has 1 aromatic rings. The second-order valence-electron chi connectivity index (χ2n) is 2.41. The second kappa shape index (κ2) is 4.83. The van der Waals surface area contributed by atoms with E-state index in [1.54, 1.807) is 0 Å². The smallest absolute Gasteiger partial charge is 0.222 e. The van der Waals surface area contributed by atoms with Crippen LogP contribution in [0.2, 0.25) is 0 Å². The first-order valence-corrected chi connectivity index (χ1v) is 4.51. The molecule has 0 bridgehead atoms. The highest BCUT2D eigenvalue weighted by Crippen LogP contribution is 1.91. The largest absolute Gasteiger partial charge is 0.301 e. The van der Waals surface area contributed by atoms with E-state index in [1.165, 1.54) is 5.69 Å². The van der Waals surface area contributed by atoms with Crippen molar-refractivity contribution in [1.82, 2.24) is 10.4 Å². The SMILES string of the molecule is CC.c1cn[n+]2c(c1)CNCC2. The predicted octanol–water partition coefficient (Wildman–Crippen LogP) is 0.498. The van der Waals surface area contributed by atoms with Crippen LogP contribution in [0.1, 0.15) is 19.5 Å². The summed E-state index contributed by atoms with van der Waals surface area (Å²) in [6, 6.07) is 4.07. The highest BCUT2D eigenvalue weighted by atomic mass is 15.3. The molecule has 0 amide bonds. The highest BCUT2D eigenvalue weighted by molar-refractivity contribution is 4.94. The topological polar surface area (TPSA) is 28.8 Å². The number of hydrogen-bond acceptors (Lipinski definition) is 2. The van der Waals surface area contributed by atoms with Crippen molar-refractivity contribution >= 4 is 0 Å². The molecule has 1 aliphatic heterocycles. The van der Waals surface area contributed by atoms with E-state index in [4.69, 9.17) is 0 Å². The molecule has 1 aromatic heterocycles. The van der Waals surface area contributed by atoms with Crippen LogP contribution >= 0.6 is 0 Å². The van der Waals surface area contributed by atoms with Gasteiger partial charge in [-0.15, -0.1) is 0 Å². The summed E-state index contributed by atoms with van der Waals surface area (Å²) in [6.45, 7) is 6.98. The van der Waals surface area contributed by atoms with Crippen LogP contribution in [0.5, 0.6) is 0 Å². The lowest BCUT2D eigenvalue weighted by molar-refractivity contribution is -0.763. The Morgan fingerprint density at radius 1 is 1.50 bits per heavy atom. The van der Waals surface area contributed by atoms with Gasteiger partial charge in [0.2, 0.25) is 5.69 Å². The zero-order valence-corrected chi connectivity index (χ0v) is 7.75. The molecule has 0 fully saturated rings. The summed E-state index contributed by atoms with van der Waals surface area (Å²) in [4.78, 5) is 0. The average Bonchev–Trinajstić information content (AvgIpc) is 2.21. The zero-order chi connectivity index (χ0) is 8.81. The van der Waals surface area contributed by atoms with Gasteiger partial charge in [0.05, 0.1) is 19.3 Å². The van der Waals surface area contributed by atoms with Crippen molar-refractivity contribution in [3.8, 4) is 0 Å². The van der Waals surface area contributed by atoms with Gasteiger partial charge in [0.15, 0.2) is 6.54 Å². The van der Waals surface area contributed by atoms with Gasteiger partial charge < -0.3 is 5.32 Å². The van der Waals surface area contributed by atoms with Crippen molar-refractivity contribution < 1.29 is 4.68 Å². The maximum absolute atomic E-state index is 4.20. The zero-order valence-electron chi connectivity index (χ0n) is 7.75. The quantitative estimate of drug-likeness (QED) is 0.569. The van der Waals surface area contributed by atoms with Crippen LogP contribution in [0.3, 0.4) is 0 Å². The van der Waals surface area contributed by atoms with Crippen molar-refractivity contribution in [2.75, 3.05) is 6.54 Å². The Balaban J connectivity index is 0.000000336. The molecule has 3 nitrogen and oxygen atoms in total. The fraction of sp³-hybridized carbons (Fsp3) is 0.556. The van der Waals surface area contributed by atoms with Crippen molar-refractivity contribution in [3.05, 3.63) is 24.0 Å². The standard InChI is InChI=1S/C7H10N3.C2H6/c1-2-7-6-8-4-5-10(7)9-3-1;1-2/h1-3,8H,4-6H2;1-2H3/q+1;. The van der Waals surface area contributed by atoms with Crippen LogP contribution < -0.4 is 10.00 Å². The summed E-state index contributed by atoms with van der Waals surface area (Å²) >= 11 is 0. The number of nitrogens with one attached hydrogen (secondary N) is 1. The van der Waals surface area contributed by atoms with Gasteiger partial charge in [-0.05, 0) is 11.2 Å². The first-order chi connectivity index (χ1) is 5.97. The third-order valence-corrected chi connectivity index (χ3v) is 1.72. The van der Waals surface area contributed by atoms with Gasteiger partial charge in [0, 0.05) is 6.07 Å². The van der Waals surface area contributed by atoms with Gasteiger partial charge in [-0.2, -0.15) is 0 Å². The molecule has 0 saturated carbocycles. The lowest BCUT2D eigenvalue weighted by atomic mass is 10.3. The van der Waals surface area contributed by atoms with E-state index < -0.39 is 0 Å². The molecule has 0 saturated heterocycles. The van der Waals surface area contributed by atoms with Crippen molar-refractivity contribution in [1.29, 1.82) is 0 Å². The molecule has 2 heterocycles. The number of fused-ring (bicyclic) bond motifs is 1. The van der Waals surface area contributed by atoms with Gasteiger partial charge in [-0.3, -0.25) is 0 Å². The summed E-state index contributed by atoms with van der Waals surface area (Å²) in [5, 5.41) is 7.48. The first kappa shape index (κ1) is 9.13. The molecule has 0 atom stereocenters. The molecule has 3 heteroatoms. The van der Waals surface area contributed by atoms with E-state index in [0.717, 1.165) is 19.6 Å². The van der Waals surface area contributed by atoms with Gasteiger partial charge >= 0.3 is 0 Å². The summed E-state index contributed by atoms with van der Waals surface area (Å²) in [5.41, 5.74) is 1.27. The molecule has 12 heavy (non-hydrogen) atoms. The molecule has 1 N–H and O–H groups in total. The Labute approximate surface area is 73.4 Å². The van der Waals surface area contributed by atoms with Crippen molar-refractivity contribution in [3.63, 3.8) is 0 Å². The van der Waals surface area contributed by atoms with Crippen LogP contribution in [0.15, 0.2) is 18.3 Å². The minimum absolute atomic E-state index is 0.952. The van der Waals surface area contributed by atoms with Crippen molar-refractivity contribution in [2.45, 2.75) is 26.9 Å². The molecule has 1 aliphatic rings. The molecule has 0 aliphatic carbocycles. The van der Waals surface area contributed by atoms with Gasteiger partial charge in [-0.25, -0.2) is 0 Å². The third-order valence-electron chi connectivity index (χ3n) is 1.72. The van der Waals surface area contributed by atoms with E-state index in [1.807, 2.05) is 30.8 Å².